The van der Waals surface area contributed by atoms with Crippen LogP contribution in [0, 0.1) is 75.5 Å². The number of nitrogens with one attached hydrogen (secondary N) is 3. The van der Waals surface area contributed by atoms with Gasteiger partial charge in [0, 0.05) is 96.1 Å². The molecule has 244 valence electrons. The zero-order valence-electron chi connectivity index (χ0n) is 25.3. The second-order valence-corrected chi connectivity index (χ2v) is 9.00. The van der Waals surface area contributed by atoms with Gasteiger partial charge in [-0.2, -0.15) is 0 Å². The van der Waals surface area contributed by atoms with Crippen molar-refractivity contribution in [2.75, 3.05) is 95.0 Å². The van der Waals surface area contributed by atoms with E-state index in [0.717, 1.165) is 0 Å². The Balaban J connectivity index is -0.000000502. The third-order valence-corrected chi connectivity index (χ3v) is 5.29. The number of carbonyl (C=O) groups is 6. The van der Waals surface area contributed by atoms with Gasteiger partial charge in [-0.1, -0.05) is 6.67 Å². The summed E-state index contributed by atoms with van der Waals surface area (Å²) >= 11 is 0. The van der Waals surface area contributed by atoms with Crippen LogP contribution in [0.4, 0.5) is 19.2 Å². The molecule has 43 heavy (non-hydrogen) atoms. The summed E-state index contributed by atoms with van der Waals surface area (Å²) in [6, 6.07) is 0. The van der Waals surface area contributed by atoms with E-state index in [2.05, 4.69) is 30.7 Å². The smallest absolute Gasteiger partial charge is 0.640 e. The Labute approximate surface area is 360 Å². The number of likely N-dealkylation sites (N-methyl/N-ethyl adjacent to an activating group) is 4. The fourth-order valence-electron chi connectivity index (χ4n) is 3.16. The monoisotopic (exact) mass is 740 g/mol. The minimum absolute atomic E-state index is 0. The van der Waals surface area contributed by atoms with Crippen LogP contribution >= 0.6 is 0 Å². The maximum Gasteiger partial charge on any atom is 1.00 e. The van der Waals surface area contributed by atoms with Crippen LogP contribution in [0.2, 0.25) is 0 Å². The molecule has 0 aromatic heterocycles. The van der Waals surface area contributed by atoms with Gasteiger partial charge in [-0.05, 0) is 14.1 Å². The third-order valence-electron chi connectivity index (χ3n) is 5.29. The molecule has 0 spiro atoms. The van der Waals surface area contributed by atoms with E-state index in [9.17, 15) is 28.8 Å². The molecule has 4 aliphatic rings. The Kier molecular flexibility index (Phi) is 29.2. The van der Waals surface area contributed by atoms with E-state index >= 15 is 0 Å². The zero-order chi connectivity index (χ0) is 30.2. The SMILES string of the molecule is CN1CNC(=O)C1.CN1C[N-]C(=O)C1.COC(=O)NC[C@H]1CN(C)C(=O)O1.COC(=O)NC[C@H]1CN(C)C(=O)O1.[Ar].[Ar].[Rb+]. The molecule has 4 heterocycles. The molecule has 4 fully saturated rings. The topological polar surface area (TPSA) is 202 Å². The second kappa shape index (κ2) is 26.3. The van der Waals surface area contributed by atoms with Crippen molar-refractivity contribution in [3.63, 3.8) is 0 Å². The molecule has 0 radical (unpaired) electrons. The van der Waals surface area contributed by atoms with Gasteiger partial charge >= 0.3 is 82.6 Å². The van der Waals surface area contributed by atoms with Crippen LogP contribution in [-0.2, 0) is 28.5 Å². The van der Waals surface area contributed by atoms with E-state index in [1.165, 1.54) is 24.0 Å². The van der Waals surface area contributed by atoms with Crippen LogP contribution in [0.3, 0.4) is 0 Å². The summed E-state index contributed by atoms with van der Waals surface area (Å²) in [5.74, 6) is 0.130. The van der Waals surface area contributed by atoms with Gasteiger partial charge in [-0.3, -0.25) is 9.69 Å². The van der Waals surface area contributed by atoms with Crippen molar-refractivity contribution in [3.8, 4) is 0 Å². The number of nitrogens with zero attached hydrogens (tertiary/aromatic N) is 5. The Morgan fingerprint density at radius 2 is 1.28 bits per heavy atom. The first-order valence-corrected chi connectivity index (χ1v) is 12.2. The molecule has 0 aromatic rings. The molecule has 2 atom stereocenters. The minimum Gasteiger partial charge on any atom is -0.640 e. The summed E-state index contributed by atoms with van der Waals surface area (Å²) in [7, 11) is 9.61. The van der Waals surface area contributed by atoms with Crippen molar-refractivity contribution < 1.29 is 181 Å². The first-order chi connectivity index (χ1) is 18.8. The van der Waals surface area contributed by atoms with Crippen LogP contribution in [0.25, 0.3) is 5.32 Å². The minimum atomic E-state index is -0.523. The normalized spacial score (nSPS) is 20.2. The van der Waals surface area contributed by atoms with Crippen LogP contribution in [0.1, 0.15) is 0 Å². The van der Waals surface area contributed by atoms with Gasteiger partial charge in [-0.15, -0.1) is 0 Å². The number of methoxy groups -OCH3 is 2. The van der Waals surface area contributed by atoms with Gasteiger partial charge < -0.3 is 59.7 Å². The summed E-state index contributed by atoms with van der Waals surface area (Å²) in [6.07, 6.45) is -2.34. The number of hydrogen-bond donors (Lipinski definition) is 3. The van der Waals surface area contributed by atoms with Crippen molar-refractivity contribution in [2.45, 2.75) is 12.2 Å². The number of cyclic esters (lactones) is 2. The molecule has 21 heteroatoms. The van der Waals surface area contributed by atoms with Crippen molar-refractivity contribution >= 4 is 36.2 Å². The van der Waals surface area contributed by atoms with Crippen LogP contribution < -0.4 is 74.1 Å². The van der Waals surface area contributed by atoms with E-state index in [1.54, 1.807) is 14.1 Å². The average molecular weight is 741 g/mol. The molecule has 0 bridgehead atoms. The number of ether oxygens (including phenoxy) is 4. The van der Waals surface area contributed by atoms with E-state index < -0.39 is 12.2 Å². The van der Waals surface area contributed by atoms with Gasteiger partial charge in [0.1, 0.15) is 12.2 Å². The molecule has 4 aliphatic heterocycles. The molecule has 0 aromatic carbocycles. The van der Waals surface area contributed by atoms with E-state index in [-0.39, 0.29) is 183 Å². The van der Waals surface area contributed by atoms with Crippen LogP contribution in [-0.4, -0.2) is 163 Å². The summed E-state index contributed by atoms with van der Waals surface area (Å²) in [4.78, 5) is 70.2. The number of hydrogen-bond acceptors (Lipinski definition) is 12. The zero-order valence-corrected chi connectivity index (χ0v) is 31.7. The fourth-order valence-corrected chi connectivity index (χ4v) is 3.16. The van der Waals surface area contributed by atoms with E-state index in [1.807, 2.05) is 23.9 Å². The first-order valence-electron chi connectivity index (χ1n) is 12.2. The van der Waals surface area contributed by atoms with Crippen molar-refractivity contribution in [1.29, 1.82) is 0 Å². The molecule has 0 saturated carbocycles. The van der Waals surface area contributed by atoms with Crippen molar-refractivity contribution in [3.05, 3.63) is 5.32 Å². The first kappa shape index (κ1) is 47.7. The average Bonchev–Trinajstić information content (AvgIpc) is 3.66. The predicted octanol–water partition coefficient (Wildman–Crippen LogP) is -4.61. The maximum atomic E-state index is 10.9. The van der Waals surface area contributed by atoms with Gasteiger partial charge in [0.25, 0.3) is 0 Å². The number of amides is 6. The van der Waals surface area contributed by atoms with Crippen LogP contribution in [0.15, 0.2) is 0 Å². The van der Waals surface area contributed by atoms with Crippen molar-refractivity contribution in [2.24, 2.45) is 0 Å². The molecule has 4 rings (SSSR count). The molecule has 0 aliphatic carbocycles. The summed E-state index contributed by atoms with van der Waals surface area (Å²) in [6.45, 7) is 3.88. The molecular weight excluding hydrogens is 702 g/mol. The maximum absolute atomic E-state index is 10.9. The van der Waals surface area contributed by atoms with Crippen molar-refractivity contribution in [1.82, 2.24) is 35.6 Å². The standard InChI is InChI=1S/2C7H12N2O4.2C4H8N2O.2Ar.Rb/c2*1-9-4-5(13-7(9)11)3-8-6(10)12-2;2*1-6-2-4(7)5-3-6;;;/h2*5H,3-4H2,1-2H3,(H,8,10);2*2-3H2,1H3,(H,5,7);;;/q;;;;;;+1/p-1/t2*5-;;;;;/m00...../s1. The third kappa shape index (κ3) is 21.6. The quantitative estimate of drug-likeness (QED) is 0.233. The molecule has 3 N–H and O–H groups in total. The fraction of sp³-hybridized carbons (Fsp3) is 0.727. The van der Waals surface area contributed by atoms with Gasteiger partial charge in [0.2, 0.25) is 5.91 Å². The largest absolute Gasteiger partial charge is 1.00 e. The molecular formula is C22H39Ar2N8O10Rb. The Morgan fingerprint density at radius 1 is 0.837 bits per heavy atom. The molecule has 18 nitrogen and oxygen atoms in total. The van der Waals surface area contributed by atoms with Crippen LogP contribution in [0.5, 0.6) is 0 Å². The summed E-state index contributed by atoms with van der Waals surface area (Å²) < 4.78 is 18.5. The van der Waals surface area contributed by atoms with E-state index in [0.29, 0.717) is 39.5 Å². The van der Waals surface area contributed by atoms with Gasteiger partial charge in [0.05, 0.1) is 59.5 Å². The molecule has 6 amide bonds. The summed E-state index contributed by atoms with van der Waals surface area (Å²) in [5.41, 5.74) is 0. The van der Waals surface area contributed by atoms with Gasteiger partial charge in [-0.25, -0.2) is 19.2 Å². The Morgan fingerprint density at radius 3 is 1.47 bits per heavy atom. The summed E-state index contributed by atoms with van der Waals surface area (Å²) in [5, 5.41) is 11.2. The van der Waals surface area contributed by atoms with Gasteiger partial charge in [0.15, 0.2) is 0 Å². The molecule has 4 saturated heterocycles. The Bertz CT molecular complexity index is 840. The number of rotatable bonds is 4. The number of alkyl carbamates (subject to hydrolysis) is 2. The predicted molar refractivity (Wildman–Crippen MR) is 138 cm³/mol. The number of carbonyl (C=O) groups excluding carboxylic acids is 6. The second-order valence-electron chi connectivity index (χ2n) is 9.00. The van der Waals surface area contributed by atoms with E-state index in [4.69, 9.17) is 9.47 Å². The molecule has 0 unspecified atom stereocenters. The Hall–Kier alpha value is 0.265.